The van der Waals surface area contributed by atoms with Gasteiger partial charge in [-0.2, -0.15) is 5.10 Å². The monoisotopic (exact) mass is 303 g/mol. The first-order valence-corrected chi connectivity index (χ1v) is 7.19. The van der Waals surface area contributed by atoms with Crippen LogP contribution in [-0.4, -0.2) is 16.9 Å². The van der Waals surface area contributed by atoms with Gasteiger partial charge < -0.3 is 10.5 Å². The quantitative estimate of drug-likeness (QED) is 0.805. The molecule has 0 aliphatic rings. The summed E-state index contributed by atoms with van der Waals surface area (Å²) in [6.07, 6.45) is 0. The van der Waals surface area contributed by atoms with Crippen molar-refractivity contribution in [1.29, 1.82) is 0 Å². The minimum absolute atomic E-state index is 0.300. The van der Waals surface area contributed by atoms with Crippen LogP contribution in [0.4, 0.5) is 10.2 Å². The van der Waals surface area contributed by atoms with E-state index in [0.29, 0.717) is 11.4 Å². The summed E-state index contributed by atoms with van der Waals surface area (Å²) in [6.45, 7) is 0. The molecule has 2 N–H and O–H groups in total. The van der Waals surface area contributed by atoms with Gasteiger partial charge in [0.2, 0.25) is 0 Å². The number of nitrogens with two attached hydrogens (primary N) is 1. The zero-order chi connectivity index (χ0) is 15.0. The number of aromatic nitrogens is 2. The maximum Gasteiger partial charge on any atom is 0.130 e. The van der Waals surface area contributed by atoms with Crippen LogP contribution in [0.25, 0.3) is 21.7 Å². The minimum atomic E-state index is -0.300. The highest BCUT2D eigenvalue weighted by molar-refractivity contribution is 7.13. The molecule has 0 radical (unpaired) electrons. The highest BCUT2D eigenvalue weighted by atomic mass is 32.1. The van der Waals surface area contributed by atoms with Gasteiger partial charge in [-0.1, -0.05) is 12.1 Å². The second-order valence-corrected chi connectivity index (χ2v) is 5.50. The summed E-state index contributed by atoms with van der Waals surface area (Å²) in [5.41, 5.74) is 8.29. The molecule has 21 heavy (non-hydrogen) atoms. The van der Waals surface area contributed by atoms with Crippen LogP contribution in [0.2, 0.25) is 0 Å². The molecule has 6 heteroatoms. The van der Waals surface area contributed by atoms with E-state index in [0.717, 1.165) is 21.9 Å². The molecular formula is C15H14FN3OS. The van der Waals surface area contributed by atoms with Crippen LogP contribution in [-0.2, 0) is 7.05 Å². The zero-order valence-electron chi connectivity index (χ0n) is 11.6. The van der Waals surface area contributed by atoms with E-state index < -0.39 is 0 Å². The SMILES string of the molecule is COc1csc(-c2nn(C)c(N)c2-c2cccc(F)c2)c1. The summed E-state index contributed by atoms with van der Waals surface area (Å²) in [7, 11) is 3.39. The smallest absolute Gasteiger partial charge is 0.130 e. The first-order valence-electron chi connectivity index (χ1n) is 6.31. The molecule has 0 spiro atoms. The Balaban J connectivity index is 2.20. The molecule has 0 fully saturated rings. The second kappa shape index (κ2) is 5.21. The van der Waals surface area contributed by atoms with E-state index in [1.807, 2.05) is 17.5 Å². The van der Waals surface area contributed by atoms with Crippen molar-refractivity contribution in [3.05, 3.63) is 41.5 Å². The van der Waals surface area contributed by atoms with Gasteiger partial charge in [0, 0.05) is 18.5 Å². The molecule has 0 aliphatic heterocycles. The van der Waals surface area contributed by atoms with Crippen LogP contribution in [0.15, 0.2) is 35.7 Å². The summed E-state index contributed by atoms with van der Waals surface area (Å²) in [6, 6.07) is 8.25. The standard InChI is InChI=1S/C15H14FN3OS/c1-19-15(17)13(9-4-3-5-10(16)6-9)14(18-19)12-7-11(20-2)8-21-12/h3-8H,17H2,1-2H3. The minimum Gasteiger partial charge on any atom is -0.496 e. The third kappa shape index (κ3) is 2.38. The highest BCUT2D eigenvalue weighted by Gasteiger charge is 2.19. The van der Waals surface area contributed by atoms with Gasteiger partial charge in [0.15, 0.2) is 0 Å². The number of hydrogen-bond donors (Lipinski definition) is 1. The van der Waals surface area contributed by atoms with Gasteiger partial charge in [-0.3, -0.25) is 4.68 Å². The normalized spacial score (nSPS) is 10.8. The summed E-state index contributed by atoms with van der Waals surface area (Å²) in [4.78, 5) is 0.929. The van der Waals surface area contributed by atoms with Crippen molar-refractivity contribution >= 4 is 17.2 Å². The highest BCUT2D eigenvalue weighted by Crippen LogP contribution is 2.39. The first kappa shape index (κ1) is 13.6. The van der Waals surface area contributed by atoms with Gasteiger partial charge in [-0.05, 0) is 17.7 Å². The molecular weight excluding hydrogens is 289 g/mol. The number of nitrogens with zero attached hydrogens (tertiary/aromatic N) is 2. The Bertz CT molecular complexity index is 794. The van der Waals surface area contributed by atoms with Gasteiger partial charge in [0.25, 0.3) is 0 Å². The Morgan fingerprint density at radius 1 is 1.33 bits per heavy atom. The molecule has 108 valence electrons. The fraction of sp³-hybridized carbons (Fsp3) is 0.133. The Labute approximate surface area is 125 Å². The van der Waals surface area contributed by atoms with Crippen LogP contribution in [0, 0.1) is 5.82 Å². The molecule has 2 aromatic heterocycles. The van der Waals surface area contributed by atoms with Crippen molar-refractivity contribution in [2.24, 2.45) is 7.05 Å². The largest absolute Gasteiger partial charge is 0.496 e. The Hall–Kier alpha value is -2.34. The van der Waals surface area contributed by atoms with E-state index in [9.17, 15) is 4.39 Å². The number of ether oxygens (including phenoxy) is 1. The number of rotatable bonds is 3. The lowest BCUT2D eigenvalue weighted by atomic mass is 10.0. The number of aryl methyl sites for hydroxylation is 1. The average Bonchev–Trinajstić information content (AvgIpc) is 3.05. The molecule has 1 aromatic carbocycles. The molecule has 4 nitrogen and oxygen atoms in total. The maximum absolute atomic E-state index is 13.5. The molecule has 0 amide bonds. The van der Waals surface area contributed by atoms with Crippen molar-refractivity contribution in [2.45, 2.75) is 0 Å². The van der Waals surface area contributed by atoms with E-state index in [-0.39, 0.29) is 5.82 Å². The van der Waals surface area contributed by atoms with Crippen LogP contribution in [0.5, 0.6) is 5.75 Å². The topological polar surface area (TPSA) is 53.1 Å². The summed E-state index contributed by atoms with van der Waals surface area (Å²) < 4.78 is 20.3. The van der Waals surface area contributed by atoms with E-state index in [2.05, 4.69) is 5.10 Å². The van der Waals surface area contributed by atoms with Crippen LogP contribution < -0.4 is 10.5 Å². The molecule has 0 atom stereocenters. The van der Waals surface area contributed by atoms with Gasteiger partial charge in [-0.25, -0.2) is 4.39 Å². The van der Waals surface area contributed by atoms with E-state index in [4.69, 9.17) is 10.5 Å². The molecule has 3 aromatic rings. The predicted molar refractivity (Wildman–Crippen MR) is 82.9 cm³/mol. The Morgan fingerprint density at radius 2 is 2.14 bits per heavy atom. The van der Waals surface area contributed by atoms with Crippen LogP contribution in [0.3, 0.4) is 0 Å². The maximum atomic E-state index is 13.5. The van der Waals surface area contributed by atoms with Crippen LogP contribution >= 0.6 is 11.3 Å². The Kier molecular flexibility index (Phi) is 3.39. The number of methoxy groups -OCH3 is 1. The predicted octanol–water partition coefficient (Wildman–Crippen LogP) is 3.55. The number of benzene rings is 1. The molecule has 2 heterocycles. The number of hydrogen-bond acceptors (Lipinski definition) is 4. The van der Waals surface area contributed by atoms with Crippen molar-refractivity contribution in [2.75, 3.05) is 12.8 Å². The lowest BCUT2D eigenvalue weighted by molar-refractivity contribution is 0.417. The van der Waals surface area contributed by atoms with Crippen molar-refractivity contribution in [3.8, 4) is 27.4 Å². The van der Waals surface area contributed by atoms with Crippen LogP contribution in [0.1, 0.15) is 0 Å². The van der Waals surface area contributed by atoms with Crippen molar-refractivity contribution in [1.82, 2.24) is 9.78 Å². The molecule has 0 aliphatic carbocycles. The molecule has 0 saturated carbocycles. The van der Waals surface area contributed by atoms with Crippen molar-refractivity contribution < 1.29 is 9.13 Å². The molecule has 3 rings (SSSR count). The molecule has 0 bridgehead atoms. The van der Waals surface area contributed by atoms with Gasteiger partial charge in [0.1, 0.15) is 23.1 Å². The number of halogens is 1. The summed E-state index contributed by atoms with van der Waals surface area (Å²) in [5.74, 6) is 0.970. The summed E-state index contributed by atoms with van der Waals surface area (Å²) >= 11 is 1.51. The molecule has 0 saturated heterocycles. The van der Waals surface area contributed by atoms with Gasteiger partial charge in [-0.15, -0.1) is 11.3 Å². The van der Waals surface area contributed by atoms with Crippen molar-refractivity contribution in [3.63, 3.8) is 0 Å². The van der Waals surface area contributed by atoms with E-state index in [1.54, 1.807) is 24.9 Å². The third-order valence-electron chi connectivity index (χ3n) is 3.25. The van der Waals surface area contributed by atoms with E-state index in [1.165, 1.54) is 23.5 Å². The summed E-state index contributed by atoms with van der Waals surface area (Å²) in [5, 5.41) is 6.36. The fourth-order valence-corrected chi connectivity index (χ4v) is 3.03. The first-order chi connectivity index (χ1) is 10.1. The number of nitrogen functional groups attached to an aromatic ring is 1. The van der Waals surface area contributed by atoms with E-state index >= 15 is 0 Å². The number of anilines is 1. The Morgan fingerprint density at radius 3 is 2.81 bits per heavy atom. The lowest BCUT2D eigenvalue weighted by Gasteiger charge is -2.03. The van der Waals surface area contributed by atoms with Gasteiger partial charge >= 0.3 is 0 Å². The van der Waals surface area contributed by atoms with Gasteiger partial charge in [0.05, 0.1) is 17.6 Å². The third-order valence-corrected chi connectivity index (χ3v) is 4.16. The number of thiophene rings is 1. The molecule has 0 unspecified atom stereocenters. The lowest BCUT2D eigenvalue weighted by Crippen LogP contribution is -1.98. The zero-order valence-corrected chi connectivity index (χ0v) is 12.4. The average molecular weight is 303 g/mol. The fourth-order valence-electron chi connectivity index (χ4n) is 2.19. The second-order valence-electron chi connectivity index (χ2n) is 4.59.